The number of hydrogen-bond donors (Lipinski definition) is 2. The average molecular weight is 240 g/mol. The van der Waals surface area contributed by atoms with Crippen LogP contribution in [0.3, 0.4) is 0 Å². The second-order valence-electron chi connectivity index (χ2n) is 3.37. The molecule has 4 nitrogen and oxygen atoms in total. The van der Waals surface area contributed by atoms with Gasteiger partial charge in [-0.2, -0.15) is 11.8 Å². The number of carbonyl (C=O) groups excluding carboxylic acids is 1. The number of methoxy groups -OCH3 is 1. The predicted octanol–water partition coefficient (Wildman–Crippen LogP) is 0.741. The summed E-state index contributed by atoms with van der Waals surface area (Å²) in [7, 11) is 1.63. The van der Waals surface area contributed by atoms with Crippen LogP contribution in [-0.4, -0.2) is 24.8 Å². The average Bonchev–Trinajstić information content (AvgIpc) is 2.29. The predicted molar refractivity (Wildman–Crippen MR) is 66.3 cm³/mol. The lowest BCUT2D eigenvalue weighted by molar-refractivity contribution is -0.118. The molecule has 4 N–H and O–H groups in total. The summed E-state index contributed by atoms with van der Waals surface area (Å²) in [4.78, 5) is 10.7. The number of ether oxygens (including phenoxy) is 1. The quantitative estimate of drug-likeness (QED) is 0.768. The molecule has 0 bridgehead atoms. The van der Waals surface area contributed by atoms with Crippen LogP contribution in [0.1, 0.15) is 5.56 Å². The molecule has 0 aromatic heterocycles. The smallest absolute Gasteiger partial charge is 0.235 e. The molecule has 0 heterocycles. The van der Waals surface area contributed by atoms with E-state index in [1.165, 1.54) is 5.56 Å². The van der Waals surface area contributed by atoms with Crippen molar-refractivity contribution in [2.24, 2.45) is 11.5 Å². The summed E-state index contributed by atoms with van der Waals surface area (Å²) in [6, 6.07) is 7.22. The molecule has 0 radical (unpaired) electrons. The van der Waals surface area contributed by atoms with E-state index in [4.69, 9.17) is 16.2 Å². The summed E-state index contributed by atoms with van der Waals surface area (Å²) in [6.45, 7) is 0. The third-order valence-corrected chi connectivity index (χ3v) is 3.22. The third-order valence-electron chi connectivity index (χ3n) is 2.09. The van der Waals surface area contributed by atoms with Crippen molar-refractivity contribution in [3.05, 3.63) is 29.8 Å². The van der Waals surface area contributed by atoms with Crippen LogP contribution in [0.5, 0.6) is 5.75 Å². The first kappa shape index (κ1) is 12.9. The zero-order valence-electron chi connectivity index (χ0n) is 9.18. The summed E-state index contributed by atoms with van der Waals surface area (Å²) in [6.07, 6.45) is 0. The van der Waals surface area contributed by atoms with Crippen LogP contribution >= 0.6 is 11.8 Å². The summed E-state index contributed by atoms with van der Waals surface area (Å²) in [5, 5.41) is 0. The molecule has 1 atom stereocenters. The molecule has 1 unspecified atom stereocenters. The van der Waals surface area contributed by atoms with Crippen LogP contribution in [0, 0.1) is 0 Å². The van der Waals surface area contributed by atoms with Gasteiger partial charge in [-0.1, -0.05) is 12.1 Å². The summed E-state index contributed by atoms with van der Waals surface area (Å²) >= 11 is 1.59. The molecule has 1 aromatic carbocycles. The maximum atomic E-state index is 10.7. The van der Waals surface area contributed by atoms with Gasteiger partial charge >= 0.3 is 0 Å². The number of primary amides is 1. The molecule has 5 heteroatoms. The number of rotatable bonds is 6. The Morgan fingerprint density at radius 2 is 2.06 bits per heavy atom. The second kappa shape index (κ2) is 6.40. The lowest BCUT2D eigenvalue weighted by atomic mass is 10.2. The van der Waals surface area contributed by atoms with Gasteiger partial charge in [0.25, 0.3) is 0 Å². The van der Waals surface area contributed by atoms with E-state index < -0.39 is 11.9 Å². The van der Waals surface area contributed by atoms with Gasteiger partial charge in [0.2, 0.25) is 5.91 Å². The van der Waals surface area contributed by atoms with Crippen molar-refractivity contribution in [2.75, 3.05) is 12.9 Å². The van der Waals surface area contributed by atoms with E-state index in [0.717, 1.165) is 11.5 Å². The van der Waals surface area contributed by atoms with Gasteiger partial charge in [0.15, 0.2) is 0 Å². The monoisotopic (exact) mass is 240 g/mol. The number of carbonyl (C=O) groups is 1. The maximum Gasteiger partial charge on any atom is 0.235 e. The highest BCUT2D eigenvalue weighted by Gasteiger charge is 2.08. The molecule has 0 aliphatic heterocycles. The third kappa shape index (κ3) is 4.12. The largest absolute Gasteiger partial charge is 0.497 e. The van der Waals surface area contributed by atoms with Crippen LogP contribution in [0.2, 0.25) is 0 Å². The molecule has 0 saturated heterocycles. The lowest BCUT2D eigenvalue weighted by Crippen LogP contribution is -2.38. The number of nitrogens with two attached hydrogens (primary N) is 2. The Balaban J connectivity index is 2.34. The van der Waals surface area contributed by atoms with Crippen LogP contribution in [0.25, 0.3) is 0 Å². The summed E-state index contributed by atoms with van der Waals surface area (Å²) in [5.74, 6) is 1.73. The van der Waals surface area contributed by atoms with Crippen LogP contribution in [0.4, 0.5) is 0 Å². The molecule has 0 spiro atoms. The highest BCUT2D eigenvalue weighted by atomic mass is 32.2. The Morgan fingerprint density at radius 1 is 1.44 bits per heavy atom. The van der Waals surface area contributed by atoms with Crippen LogP contribution in [-0.2, 0) is 10.5 Å². The molecular formula is C11H16N2O2S. The minimum atomic E-state index is -0.566. The highest BCUT2D eigenvalue weighted by molar-refractivity contribution is 7.98. The van der Waals surface area contributed by atoms with E-state index in [2.05, 4.69) is 0 Å². The molecule has 0 aliphatic rings. The summed E-state index contributed by atoms with van der Waals surface area (Å²) < 4.78 is 5.06. The standard InChI is InChI=1S/C11H16N2O2S/c1-15-9-4-2-8(3-5-9)6-16-7-10(12)11(13)14/h2-5,10H,6-7,12H2,1H3,(H2,13,14). The SMILES string of the molecule is COc1ccc(CSCC(N)C(N)=O)cc1. The minimum absolute atomic E-state index is 0.456. The van der Waals surface area contributed by atoms with Crippen molar-refractivity contribution in [1.29, 1.82) is 0 Å². The molecule has 88 valence electrons. The van der Waals surface area contributed by atoms with E-state index in [-0.39, 0.29) is 0 Å². The van der Waals surface area contributed by atoms with E-state index in [1.807, 2.05) is 24.3 Å². The fraction of sp³-hybridized carbons (Fsp3) is 0.364. The number of thioether (sulfide) groups is 1. The van der Waals surface area contributed by atoms with Gasteiger partial charge in [-0.15, -0.1) is 0 Å². The Labute approximate surface area is 99.3 Å². The van der Waals surface area contributed by atoms with Crippen molar-refractivity contribution in [3.63, 3.8) is 0 Å². The number of hydrogen-bond acceptors (Lipinski definition) is 4. The Hall–Kier alpha value is -1.20. The van der Waals surface area contributed by atoms with E-state index in [0.29, 0.717) is 5.75 Å². The van der Waals surface area contributed by atoms with E-state index in [1.54, 1.807) is 18.9 Å². The molecule has 0 fully saturated rings. The number of benzene rings is 1. The van der Waals surface area contributed by atoms with Crippen LogP contribution < -0.4 is 16.2 Å². The lowest BCUT2D eigenvalue weighted by Gasteiger charge is -2.07. The molecule has 16 heavy (non-hydrogen) atoms. The van der Waals surface area contributed by atoms with Crippen molar-refractivity contribution < 1.29 is 9.53 Å². The van der Waals surface area contributed by atoms with Gasteiger partial charge in [-0.3, -0.25) is 4.79 Å². The Morgan fingerprint density at radius 3 is 2.56 bits per heavy atom. The van der Waals surface area contributed by atoms with Crippen LogP contribution in [0.15, 0.2) is 24.3 Å². The van der Waals surface area contributed by atoms with Gasteiger partial charge in [0, 0.05) is 11.5 Å². The normalized spacial score (nSPS) is 12.1. The summed E-state index contributed by atoms with van der Waals surface area (Å²) in [5.41, 5.74) is 11.7. The van der Waals surface area contributed by atoms with Crippen molar-refractivity contribution in [1.82, 2.24) is 0 Å². The fourth-order valence-electron chi connectivity index (χ4n) is 1.11. The van der Waals surface area contributed by atoms with E-state index in [9.17, 15) is 4.79 Å². The Bertz CT molecular complexity index is 340. The van der Waals surface area contributed by atoms with Gasteiger partial charge in [0.1, 0.15) is 5.75 Å². The highest BCUT2D eigenvalue weighted by Crippen LogP contribution is 2.16. The van der Waals surface area contributed by atoms with E-state index >= 15 is 0 Å². The Kier molecular flexibility index (Phi) is 5.14. The van der Waals surface area contributed by atoms with Crippen molar-refractivity contribution in [3.8, 4) is 5.75 Å². The molecule has 1 aromatic rings. The number of amides is 1. The van der Waals surface area contributed by atoms with Crippen molar-refractivity contribution in [2.45, 2.75) is 11.8 Å². The zero-order valence-corrected chi connectivity index (χ0v) is 10.00. The first-order valence-corrected chi connectivity index (χ1v) is 6.04. The molecular weight excluding hydrogens is 224 g/mol. The first-order chi connectivity index (χ1) is 7.63. The van der Waals surface area contributed by atoms with Gasteiger partial charge in [-0.05, 0) is 17.7 Å². The van der Waals surface area contributed by atoms with Gasteiger partial charge in [0.05, 0.1) is 13.2 Å². The topological polar surface area (TPSA) is 78.3 Å². The van der Waals surface area contributed by atoms with Crippen molar-refractivity contribution >= 4 is 17.7 Å². The fourth-order valence-corrected chi connectivity index (χ4v) is 2.07. The van der Waals surface area contributed by atoms with Gasteiger partial charge < -0.3 is 16.2 Å². The molecule has 0 aliphatic carbocycles. The molecule has 0 saturated carbocycles. The molecule has 1 amide bonds. The zero-order chi connectivity index (χ0) is 12.0. The van der Waals surface area contributed by atoms with Gasteiger partial charge in [-0.25, -0.2) is 0 Å². The maximum absolute atomic E-state index is 10.7. The molecule has 1 rings (SSSR count). The minimum Gasteiger partial charge on any atom is -0.497 e. The second-order valence-corrected chi connectivity index (χ2v) is 4.40. The first-order valence-electron chi connectivity index (χ1n) is 4.89.